The van der Waals surface area contributed by atoms with E-state index >= 15 is 0 Å². The van der Waals surface area contributed by atoms with Gasteiger partial charge in [-0.3, -0.25) is 10.1 Å². The molecule has 20 heavy (non-hydrogen) atoms. The number of aromatic nitrogens is 3. The van der Waals surface area contributed by atoms with Crippen LogP contribution in [0.4, 0.5) is 5.69 Å². The number of nitro groups is 1. The Morgan fingerprint density at radius 2 is 2.15 bits per heavy atom. The summed E-state index contributed by atoms with van der Waals surface area (Å²) >= 11 is 3.41. The zero-order valence-electron chi connectivity index (χ0n) is 10.9. The van der Waals surface area contributed by atoms with Crippen molar-refractivity contribution in [2.75, 3.05) is 0 Å². The maximum absolute atomic E-state index is 11.0. The third-order valence-electron chi connectivity index (χ3n) is 3.33. The van der Waals surface area contributed by atoms with Crippen LogP contribution in [0, 0.1) is 17.0 Å². The van der Waals surface area contributed by atoms with Crippen LogP contribution in [0.2, 0.25) is 0 Å². The molecule has 2 aromatic rings. The van der Waals surface area contributed by atoms with Crippen molar-refractivity contribution < 1.29 is 4.92 Å². The summed E-state index contributed by atoms with van der Waals surface area (Å²) in [5, 5.41) is 20.0. The predicted molar refractivity (Wildman–Crippen MR) is 77.8 cm³/mol. The third-order valence-corrected chi connectivity index (χ3v) is 3.83. The lowest BCUT2D eigenvalue weighted by Crippen LogP contribution is -2.02. The minimum absolute atomic E-state index is 0.0886. The Bertz CT molecular complexity index is 679. The standard InChI is InChI=1S/C13H13BrN4O2/c1-8-4-9(6-11(5-8)18(19)20)13-16-15-12(7-14)17(13)10-2-3-10/h4-6,10H,2-3,7H2,1H3. The summed E-state index contributed by atoms with van der Waals surface area (Å²) in [5.41, 5.74) is 1.69. The van der Waals surface area contributed by atoms with Crippen LogP contribution in [0.5, 0.6) is 0 Å². The maximum atomic E-state index is 11.0. The highest BCUT2D eigenvalue weighted by Crippen LogP contribution is 2.39. The van der Waals surface area contributed by atoms with E-state index in [0.717, 1.165) is 29.8 Å². The van der Waals surface area contributed by atoms with E-state index in [1.807, 2.05) is 13.0 Å². The van der Waals surface area contributed by atoms with Crippen molar-refractivity contribution in [3.8, 4) is 11.4 Å². The van der Waals surface area contributed by atoms with Crippen LogP contribution in [0.15, 0.2) is 18.2 Å². The Balaban J connectivity index is 2.13. The van der Waals surface area contributed by atoms with E-state index in [0.29, 0.717) is 17.2 Å². The zero-order chi connectivity index (χ0) is 14.3. The van der Waals surface area contributed by atoms with Gasteiger partial charge >= 0.3 is 0 Å². The molecule has 3 rings (SSSR count). The molecule has 0 saturated heterocycles. The highest BCUT2D eigenvalue weighted by Gasteiger charge is 2.30. The molecule has 6 nitrogen and oxygen atoms in total. The molecule has 0 amide bonds. The number of nitrogens with zero attached hydrogens (tertiary/aromatic N) is 4. The van der Waals surface area contributed by atoms with Gasteiger partial charge in [0.2, 0.25) is 0 Å². The van der Waals surface area contributed by atoms with E-state index in [4.69, 9.17) is 0 Å². The molecule has 0 aliphatic heterocycles. The molecule has 0 spiro atoms. The lowest BCUT2D eigenvalue weighted by molar-refractivity contribution is -0.384. The first kappa shape index (κ1) is 13.2. The number of aryl methyl sites for hydroxylation is 1. The monoisotopic (exact) mass is 336 g/mol. The summed E-state index contributed by atoms with van der Waals surface area (Å²) < 4.78 is 2.09. The van der Waals surface area contributed by atoms with E-state index in [-0.39, 0.29) is 10.6 Å². The van der Waals surface area contributed by atoms with Crippen LogP contribution in [-0.2, 0) is 5.33 Å². The first-order valence-electron chi connectivity index (χ1n) is 6.36. The number of hydrogen-bond acceptors (Lipinski definition) is 4. The molecule has 104 valence electrons. The van der Waals surface area contributed by atoms with Crippen molar-refractivity contribution in [2.24, 2.45) is 0 Å². The van der Waals surface area contributed by atoms with Crippen molar-refractivity contribution in [3.63, 3.8) is 0 Å². The van der Waals surface area contributed by atoms with Gasteiger partial charge in [-0.1, -0.05) is 15.9 Å². The van der Waals surface area contributed by atoms with E-state index < -0.39 is 0 Å². The molecule has 7 heteroatoms. The Kier molecular flexibility index (Phi) is 3.29. The molecule has 1 aromatic heterocycles. The van der Waals surface area contributed by atoms with Crippen LogP contribution in [0.3, 0.4) is 0 Å². The average molecular weight is 337 g/mol. The number of nitro benzene ring substituents is 1. The molecular weight excluding hydrogens is 324 g/mol. The first-order chi connectivity index (χ1) is 9.60. The van der Waals surface area contributed by atoms with E-state index in [9.17, 15) is 10.1 Å². The number of halogens is 1. The molecule has 1 fully saturated rings. The van der Waals surface area contributed by atoms with Crippen molar-refractivity contribution in [2.45, 2.75) is 31.1 Å². The topological polar surface area (TPSA) is 73.8 Å². The van der Waals surface area contributed by atoms with Gasteiger partial charge in [-0.2, -0.15) is 0 Å². The molecule has 1 heterocycles. The predicted octanol–water partition coefficient (Wildman–Crippen LogP) is 3.39. The molecule has 0 radical (unpaired) electrons. The summed E-state index contributed by atoms with van der Waals surface area (Å²) in [6.45, 7) is 1.85. The lowest BCUT2D eigenvalue weighted by Gasteiger charge is -2.08. The SMILES string of the molecule is Cc1cc(-c2nnc(CBr)n2C2CC2)cc([N+](=O)[O-])c1. The smallest absolute Gasteiger partial charge is 0.270 e. The van der Waals surface area contributed by atoms with Gasteiger partial charge in [0.25, 0.3) is 5.69 Å². The number of hydrogen-bond donors (Lipinski definition) is 0. The quantitative estimate of drug-likeness (QED) is 0.487. The highest BCUT2D eigenvalue weighted by molar-refractivity contribution is 9.08. The van der Waals surface area contributed by atoms with Gasteiger partial charge in [0, 0.05) is 23.7 Å². The summed E-state index contributed by atoms with van der Waals surface area (Å²) in [6, 6.07) is 5.46. The van der Waals surface area contributed by atoms with Gasteiger partial charge in [0.1, 0.15) is 5.82 Å². The van der Waals surface area contributed by atoms with E-state index in [2.05, 4.69) is 30.7 Å². The van der Waals surface area contributed by atoms with Crippen LogP contribution in [-0.4, -0.2) is 19.7 Å². The van der Waals surface area contributed by atoms with Crippen molar-refractivity contribution in [1.82, 2.24) is 14.8 Å². The molecule has 1 aliphatic rings. The molecule has 1 aliphatic carbocycles. The van der Waals surface area contributed by atoms with Crippen molar-refractivity contribution in [1.29, 1.82) is 0 Å². The molecule has 1 aromatic carbocycles. The van der Waals surface area contributed by atoms with Gasteiger partial charge in [-0.25, -0.2) is 0 Å². The summed E-state index contributed by atoms with van der Waals surface area (Å²) in [4.78, 5) is 10.6. The third kappa shape index (κ3) is 2.33. The van der Waals surface area contributed by atoms with Gasteiger partial charge in [0.15, 0.2) is 5.82 Å². The minimum atomic E-state index is -0.375. The Morgan fingerprint density at radius 1 is 1.40 bits per heavy atom. The molecule has 0 N–H and O–H groups in total. The van der Waals surface area contributed by atoms with Crippen molar-refractivity contribution in [3.05, 3.63) is 39.7 Å². The second-order valence-corrected chi connectivity index (χ2v) is 5.55. The number of non-ortho nitro benzene ring substituents is 1. The second kappa shape index (κ2) is 4.97. The van der Waals surface area contributed by atoms with Crippen LogP contribution in [0.25, 0.3) is 11.4 Å². The fourth-order valence-corrected chi connectivity index (χ4v) is 2.71. The fourth-order valence-electron chi connectivity index (χ4n) is 2.33. The summed E-state index contributed by atoms with van der Waals surface area (Å²) in [6.07, 6.45) is 2.22. The number of rotatable bonds is 4. The molecule has 0 unspecified atom stereocenters. The highest BCUT2D eigenvalue weighted by atomic mass is 79.9. The molecule has 0 atom stereocenters. The Morgan fingerprint density at radius 3 is 2.75 bits per heavy atom. The molecular formula is C13H13BrN4O2. The summed E-state index contributed by atoms with van der Waals surface area (Å²) in [7, 11) is 0. The van der Waals surface area contributed by atoms with Crippen LogP contribution >= 0.6 is 15.9 Å². The van der Waals surface area contributed by atoms with Crippen LogP contribution in [0.1, 0.15) is 30.3 Å². The van der Waals surface area contributed by atoms with Gasteiger partial charge in [-0.05, 0) is 31.4 Å². The normalized spacial score (nSPS) is 14.5. The summed E-state index contributed by atoms with van der Waals surface area (Å²) in [5.74, 6) is 1.58. The van der Waals surface area contributed by atoms with Gasteiger partial charge < -0.3 is 4.57 Å². The average Bonchev–Trinajstić information content (AvgIpc) is 3.16. The Hall–Kier alpha value is -1.76. The number of benzene rings is 1. The van der Waals surface area contributed by atoms with Gasteiger partial charge in [0.05, 0.1) is 10.3 Å². The lowest BCUT2D eigenvalue weighted by atomic mass is 10.1. The maximum Gasteiger partial charge on any atom is 0.270 e. The Labute approximate surface area is 124 Å². The zero-order valence-corrected chi connectivity index (χ0v) is 12.5. The number of alkyl halides is 1. The first-order valence-corrected chi connectivity index (χ1v) is 7.48. The second-order valence-electron chi connectivity index (χ2n) is 4.99. The minimum Gasteiger partial charge on any atom is -0.307 e. The largest absolute Gasteiger partial charge is 0.307 e. The van der Waals surface area contributed by atoms with Crippen LogP contribution < -0.4 is 0 Å². The molecule has 1 saturated carbocycles. The van der Waals surface area contributed by atoms with E-state index in [1.54, 1.807) is 12.1 Å². The van der Waals surface area contributed by atoms with E-state index in [1.165, 1.54) is 0 Å². The van der Waals surface area contributed by atoms with Gasteiger partial charge in [-0.15, -0.1) is 10.2 Å². The fraction of sp³-hybridized carbons (Fsp3) is 0.385. The van der Waals surface area contributed by atoms with Crippen molar-refractivity contribution >= 4 is 21.6 Å². The molecule has 0 bridgehead atoms.